The lowest BCUT2D eigenvalue weighted by Crippen LogP contribution is -2.73. The first kappa shape index (κ1) is 13.1. The Morgan fingerprint density at radius 2 is 1.74 bits per heavy atom. The zero-order chi connectivity index (χ0) is 14.1. The summed E-state index contributed by atoms with van der Waals surface area (Å²) in [7, 11) is 0. The maximum absolute atomic E-state index is 11.7. The molecule has 0 aromatic rings. The summed E-state index contributed by atoms with van der Waals surface area (Å²) in [6, 6.07) is 0. The van der Waals surface area contributed by atoms with Crippen molar-refractivity contribution in [2.24, 2.45) is 11.3 Å². The third-order valence-corrected chi connectivity index (χ3v) is 5.69. The number of rotatable bonds is 2. The van der Waals surface area contributed by atoms with Crippen molar-refractivity contribution in [3.63, 3.8) is 0 Å². The van der Waals surface area contributed by atoms with Gasteiger partial charge in [0.2, 0.25) is 0 Å². The first-order valence-corrected chi connectivity index (χ1v) is 6.95. The fourth-order valence-corrected chi connectivity index (χ4v) is 5.38. The molecule has 0 aliphatic heterocycles. The average Bonchev–Trinajstić information content (AvgIpc) is 2.21. The van der Waals surface area contributed by atoms with Crippen molar-refractivity contribution in [2.75, 3.05) is 0 Å². The summed E-state index contributed by atoms with van der Waals surface area (Å²) >= 11 is 0. The van der Waals surface area contributed by atoms with E-state index in [1.54, 1.807) is 0 Å². The largest absolute Gasteiger partial charge is 0.455 e. The highest BCUT2D eigenvalue weighted by molar-refractivity contribution is 5.81. The number of carbonyl (C=O) groups is 1. The van der Waals surface area contributed by atoms with Crippen molar-refractivity contribution in [3.05, 3.63) is 12.7 Å². The van der Waals surface area contributed by atoms with Crippen LogP contribution in [0.1, 0.15) is 46.0 Å². The zero-order valence-corrected chi connectivity index (χ0v) is 11.6. The second kappa shape index (κ2) is 3.41. The van der Waals surface area contributed by atoms with Crippen LogP contribution in [0.3, 0.4) is 0 Å². The summed E-state index contributed by atoms with van der Waals surface area (Å²) in [6.45, 7) is 7.59. The molecule has 0 radical (unpaired) electrons. The van der Waals surface area contributed by atoms with E-state index < -0.39 is 22.8 Å². The van der Waals surface area contributed by atoms with Crippen LogP contribution in [0, 0.1) is 11.3 Å². The minimum atomic E-state index is -0.909. The Morgan fingerprint density at radius 1 is 1.21 bits per heavy atom. The first-order valence-electron chi connectivity index (χ1n) is 6.95. The van der Waals surface area contributed by atoms with Crippen LogP contribution in [0.25, 0.3) is 0 Å². The van der Waals surface area contributed by atoms with Crippen molar-refractivity contribution in [1.29, 1.82) is 0 Å². The molecule has 4 aliphatic rings. The smallest absolute Gasteiger partial charge is 0.330 e. The molecular formula is C15H22O4. The molecule has 0 aromatic heterocycles. The summed E-state index contributed by atoms with van der Waals surface area (Å²) in [4.78, 5) is 11.7. The third kappa shape index (κ3) is 1.69. The number of hydrogen-bond acceptors (Lipinski definition) is 4. The highest BCUT2D eigenvalue weighted by Crippen LogP contribution is 2.67. The van der Waals surface area contributed by atoms with Crippen LogP contribution in [-0.2, 0) is 9.53 Å². The van der Waals surface area contributed by atoms with Crippen LogP contribution in [0.5, 0.6) is 0 Å². The van der Waals surface area contributed by atoms with Gasteiger partial charge in [-0.05, 0) is 18.3 Å². The van der Waals surface area contributed by atoms with Gasteiger partial charge in [-0.25, -0.2) is 4.79 Å². The Morgan fingerprint density at radius 3 is 2.21 bits per heavy atom. The molecular weight excluding hydrogens is 244 g/mol. The molecule has 4 saturated carbocycles. The molecule has 4 nitrogen and oxygen atoms in total. The molecule has 0 heterocycles. The van der Waals surface area contributed by atoms with E-state index >= 15 is 0 Å². The van der Waals surface area contributed by atoms with Crippen LogP contribution < -0.4 is 0 Å². The summed E-state index contributed by atoms with van der Waals surface area (Å²) in [5.74, 6) is -0.339. The second-order valence-electron chi connectivity index (χ2n) is 7.40. The van der Waals surface area contributed by atoms with Crippen LogP contribution in [0.2, 0.25) is 0 Å². The fourth-order valence-electron chi connectivity index (χ4n) is 5.38. The first-order chi connectivity index (χ1) is 8.64. The van der Waals surface area contributed by atoms with E-state index in [9.17, 15) is 15.0 Å². The van der Waals surface area contributed by atoms with E-state index in [2.05, 4.69) is 20.4 Å². The molecule has 4 rings (SSSR count). The zero-order valence-electron chi connectivity index (χ0n) is 11.6. The molecule has 4 bridgehead atoms. The second-order valence-corrected chi connectivity index (χ2v) is 7.40. The topological polar surface area (TPSA) is 66.8 Å². The van der Waals surface area contributed by atoms with Gasteiger partial charge in [-0.15, -0.1) is 0 Å². The molecule has 2 N–H and O–H groups in total. The molecule has 3 unspecified atom stereocenters. The fraction of sp³-hybridized carbons (Fsp3) is 0.800. The minimum absolute atomic E-state index is 0.129. The highest BCUT2D eigenvalue weighted by atomic mass is 16.6. The SMILES string of the molecule is C=CC(=O)OC12CC3(O)CC(O)(CC(C)(C3)C1C)C2. The van der Waals surface area contributed by atoms with Gasteiger partial charge < -0.3 is 14.9 Å². The van der Waals surface area contributed by atoms with E-state index in [1.807, 2.05) is 0 Å². The molecule has 0 spiro atoms. The lowest BCUT2D eigenvalue weighted by molar-refractivity contribution is -0.304. The van der Waals surface area contributed by atoms with E-state index in [-0.39, 0.29) is 11.3 Å². The van der Waals surface area contributed by atoms with Crippen molar-refractivity contribution < 1.29 is 19.7 Å². The summed E-state index contributed by atoms with van der Waals surface area (Å²) in [5.41, 5.74) is -2.75. The standard InChI is InChI=1S/C15H22O4/c1-4-11(16)19-15-8-13(17)5-12(3,10(15)2)6-14(18,7-13)9-15/h4,10,17-18H,1,5-9H2,2-3H3. The number of ether oxygens (including phenoxy) is 1. The Balaban J connectivity index is 2.05. The van der Waals surface area contributed by atoms with Crippen molar-refractivity contribution in [3.8, 4) is 0 Å². The van der Waals surface area contributed by atoms with Gasteiger partial charge in [0.1, 0.15) is 5.60 Å². The Labute approximate surface area is 113 Å². The number of hydrogen-bond donors (Lipinski definition) is 2. The van der Waals surface area contributed by atoms with E-state index in [1.165, 1.54) is 0 Å². The van der Waals surface area contributed by atoms with Gasteiger partial charge in [-0.3, -0.25) is 0 Å². The van der Waals surface area contributed by atoms with Gasteiger partial charge in [-0.2, -0.15) is 0 Å². The molecule has 4 fully saturated rings. The Hall–Kier alpha value is -0.870. The Bertz CT molecular complexity index is 437. The maximum Gasteiger partial charge on any atom is 0.330 e. The van der Waals surface area contributed by atoms with Crippen LogP contribution in [0.15, 0.2) is 12.7 Å². The van der Waals surface area contributed by atoms with E-state index in [4.69, 9.17) is 4.74 Å². The number of aliphatic hydroxyl groups is 2. The highest BCUT2D eigenvalue weighted by Gasteiger charge is 2.71. The Kier molecular flexibility index (Phi) is 2.36. The summed E-state index contributed by atoms with van der Waals surface area (Å²) in [6.07, 6.45) is 3.77. The lowest BCUT2D eigenvalue weighted by Gasteiger charge is -2.69. The molecule has 4 aliphatic carbocycles. The van der Waals surface area contributed by atoms with Gasteiger partial charge in [0.05, 0.1) is 11.2 Å². The molecule has 4 heteroatoms. The predicted molar refractivity (Wildman–Crippen MR) is 69.3 cm³/mol. The monoisotopic (exact) mass is 266 g/mol. The van der Waals surface area contributed by atoms with Gasteiger partial charge in [0.15, 0.2) is 0 Å². The van der Waals surface area contributed by atoms with Crippen molar-refractivity contribution >= 4 is 5.97 Å². The molecule has 106 valence electrons. The molecule has 3 atom stereocenters. The predicted octanol–water partition coefficient (Wildman–Crippen LogP) is 1.55. The summed E-state index contributed by atoms with van der Waals surface area (Å²) in [5, 5.41) is 21.4. The average molecular weight is 266 g/mol. The summed E-state index contributed by atoms with van der Waals surface area (Å²) < 4.78 is 5.63. The number of esters is 1. The van der Waals surface area contributed by atoms with Gasteiger partial charge >= 0.3 is 5.97 Å². The van der Waals surface area contributed by atoms with E-state index in [0.29, 0.717) is 32.1 Å². The molecule has 19 heavy (non-hydrogen) atoms. The minimum Gasteiger partial charge on any atom is -0.455 e. The van der Waals surface area contributed by atoms with Crippen LogP contribution >= 0.6 is 0 Å². The van der Waals surface area contributed by atoms with Gasteiger partial charge in [0.25, 0.3) is 0 Å². The van der Waals surface area contributed by atoms with Crippen LogP contribution in [-0.4, -0.2) is 33.0 Å². The quantitative estimate of drug-likeness (QED) is 0.588. The molecule has 0 amide bonds. The van der Waals surface area contributed by atoms with Gasteiger partial charge in [-0.1, -0.05) is 20.4 Å². The van der Waals surface area contributed by atoms with Crippen molar-refractivity contribution in [1.82, 2.24) is 0 Å². The van der Waals surface area contributed by atoms with Gasteiger partial charge in [0, 0.05) is 31.3 Å². The number of carbonyl (C=O) groups excluding carboxylic acids is 1. The van der Waals surface area contributed by atoms with Crippen LogP contribution in [0.4, 0.5) is 0 Å². The van der Waals surface area contributed by atoms with Crippen molar-refractivity contribution in [2.45, 2.75) is 62.8 Å². The van der Waals surface area contributed by atoms with E-state index in [0.717, 1.165) is 6.08 Å². The molecule has 0 aromatic carbocycles. The molecule has 0 saturated heterocycles. The normalized spacial score (nSPS) is 55.1. The lowest BCUT2D eigenvalue weighted by atomic mass is 9.41. The third-order valence-electron chi connectivity index (χ3n) is 5.69. The maximum atomic E-state index is 11.7.